The number of nitrogens with zero attached hydrogens (tertiary/aromatic N) is 3. The molecule has 0 spiro atoms. The Morgan fingerprint density at radius 2 is 2.35 bits per heavy atom. The average molecular weight is 274 g/mol. The second-order valence-electron chi connectivity index (χ2n) is 5.13. The molecule has 1 aliphatic rings. The number of pyridine rings is 1. The summed E-state index contributed by atoms with van der Waals surface area (Å²) >= 11 is 0. The lowest BCUT2D eigenvalue weighted by molar-refractivity contribution is -0.120. The van der Waals surface area contributed by atoms with Crippen molar-refractivity contribution >= 4 is 22.8 Å². The molecule has 106 valence electrons. The second kappa shape index (κ2) is 5.09. The second-order valence-corrected chi connectivity index (χ2v) is 5.13. The number of rotatable bonds is 4. The van der Waals surface area contributed by atoms with Crippen molar-refractivity contribution in [3.8, 4) is 0 Å². The molecule has 3 rings (SSSR count). The van der Waals surface area contributed by atoms with Gasteiger partial charge in [0.2, 0.25) is 5.91 Å². The molecule has 1 amide bonds. The summed E-state index contributed by atoms with van der Waals surface area (Å²) < 4.78 is 1.71. The Labute approximate surface area is 116 Å². The van der Waals surface area contributed by atoms with E-state index in [1.54, 1.807) is 4.68 Å². The van der Waals surface area contributed by atoms with E-state index < -0.39 is 0 Å². The van der Waals surface area contributed by atoms with E-state index in [2.05, 4.69) is 26.0 Å². The standard InChI is InChI=1S/C13H18N6O/c1-8-3-10-12(18-19(2)13(10)16-4-8)15-7-11(20)17-9-5-14-6-9/h3-4,9,14H,5-7H2,1-2H3,(H,15,18)(H,17,20). The number of hydrogen-bond acceptors (Lipinski definition) is 5. The molecule has 0 aliphatic carbocycles. The number of fused-ring (bicyclic) bond motifs is 1. The average Bonchev–Trinajstić information content (AvgIpc) is 2.68. The lowest BCUT2D eigenvalue weighted by atomic mass is 10.2. The molecule has 3 N–H and O–H groups in total. The minimum atomic E-state index is -0.0177. The van der Waals surface area contributed by atoms with Crippen molar-refractivity contribution in [3.63, 3.8) is 0 Å². The van der Waals surface area contributed by atoms with Gasteiger partial charge in [0.15, 0.2) is 11.5 Å². The SMILES string of the molecule is Cc1cnc2c(c1)c(NCC(=O)NC1CNC1)nn2C. The molecular weight excluding hydrogens is 256 g/mol. The third kappa shape index (κ3) is 2.44. The van der Waals surface area contributed by atoms with Crippen LogP contribution in [-0.2, 0) is 11.8 Å². The van der Waals surface area contributed by atoms with Crippen LogP contribution in [0.3, 0.4) is 0 Å². The molecule has 3 heterocycles. The largest absolute Gasteiger partial charge is 0.359 e. The fourth-order valence-corrected chi connectivity index (χ4v) is 2.21. The zero-order valence-corrected chi connectivity index (χ0v) is 11.6. The Balaban J connectivity index is 1.70. The smallest absolute Gasteiger partial charge is 0.239 e. The van der Waals surface area contributed by atoms with Gasteiger partial charge >= 0.3 is 0 Å². The molecule has 7 heteroatoms. The summed E-state index contributed by atoms with van der Waals surface area (Å²) in [6.45, 7) is 3.90. The van der Waals surface area contributed by atoms with Crippen LogP contribution in [0, 0.1) is 6.92 Å². The summed E-state index contributed by atoms with van der Waals surface area (Å²) in [6.07, 6.45) is 1.81. The maximum atomic E-state index is 11.8. The van der Waals surface area contributed by atoms with Crippen molar-refractivity contribution < 1.29 is 4.79 Å². The van der Waals surface area contributed by atoms with Crippen LogP contribution in [0.5, 0.6) is 0 Å². The van der Waals surface area contributed by atoms with Crippen LogP contribution >= 0.6 is 0 Å². The molecule has 0 bridgehead atoms. The van der Waals surface area contributed by atoms with E-state index in [1.807, 2.05) is 26.2 Å². The third-order valence-corrected chi connectivity index (χ3v) is 3.38. The summed E-state index contributed by atoms with van der Waals surface area (Å²) in [5, 5.41) is 14.4. The van der Waals surface area contributed by atoms with E-state index in [0.29, 0.717) is 5.82 Å². The zero-order chi connectivity index (χ0) is 14.1. The lowest BCUT2D eigenvalue weighted by Crippen LogP contribution is -2.57. The summed E-state index contributed by atoms with van der Waals surface area (Å²) in [5.41, 5.74) is 1.88. The van der Waals surface area contributed by atoms with E-state index in [-0.39, 0.29) is 18.5 Å². The fraction of sp³-hybridized carbons (Fsp3) is 0.462. The van der Waals surface area contributed by atoms with Crippen molar-refractivity contribution in [2.45, 2.75) is 13.0 Å². The third-order valence-electron chi connectivity index (χ3n) is 3.38. The fourth-order valence-electron chi connectivity index (χ4n) is 2.21. The molecule has 0 radical (unpaired) electrons. The van der Waals surface area contributed by atoms with Gasteiger partial charge in [-0.05, 0) is 18.6 Å². The molecule has 7 nitrogen and oxygen atoms in total. The molecule has 0 unspecified atom stereocenters. The van der Waals surface area contributed by atoms with Crippen LogP contribution in [0.2, 0.25) is 0 Å². The highest BCUT2D eigenvalue weighted by molar-refractivity contribution is 5.90. The number of nitrogens with one attached hydrogen (secondary N) is 3. The Bertz CT molecular complexity index is 646. The zero-order valence-electron chi connectivity index (χ0n) is 11.6. The molecule has 1 saturated heterocycles. The number of hydrogen-bond donors (Lipinski definition) is 3. The van der Waals surface area contributed by atoms with E-state index in [0.717, 1.165) is 29.7 Å². The monoisotopic (exact) mass is 274 g/mol. The summed E-state index contributed by atoms with van der Waals surface area (Å²) in [5.74, 6) is 0.677. The van der Waals surface area contributed by atoms with Crippen molar-refractivity contribution in [3.05, 3.63) is 17.8 Å². The van der Waals surface area contributed by atoms with Crippen LogP contribution < -0.4 is 16.0 Å². The van der Waals surface area contributed by atoms with E-state index in [1.165, 1.54) is 0 Å². The van der Waals surface area contributed by atoms with Gasteiger partial charge in [-0.25, -0.2) is 9.67 Å². The molecule has 1 fully saturated rings. The van der Waals surface area contributed by atoms with E-state index in [9.17, 15) is 4.79 Å². The number of amides is 1. The topological polar surface area (TPSA) is 83.9 Å². The van der Waals surface area contributed by atoms with Gasteiger partial charge in [-0.1, -0.05) is 0 Å². The van der Waals surface area contributed by atoms with Crippen LogP contribution in [0.15, 0.2) is 12.3 Å². The van der Waals surface area contributed by atoms with Gasteiger partial charge in [0, 0.05) is 26.3 Å². The van der Waals surface area contributed by atoms with Crippen LogP contribution in [0.1, 0.15) is 5.56 Å². The van der Waals surface area contributed by atoms with E-state index >= 15 is 0 Å². The Morgan fingerprint density at radius 1 is 1.55 bits per heavy atom. The van der Waals surface area contributed by atoms with E-state index in [4.69, 9.17) is 0 Å². The summed E-state index contributed by atoms with van der Waals surface area (Å²) in [6, 6.07) is 2.28. The first kappa shape index (κ1) is 12.9. The first-order chi connectivity index (χ1) is 9.63. The van der Waals surface area contributed by atoms with Gasteiger partial charge < -0.3 is 16.0 Å². The number of carbonyl (C=O) groups is 1. The molecular formula is C13H18N6O. The molecule has 20 heavy (non-hydrogen) atoms. The summed E-state index contributed by atoms with van der Waals surface area (Å²) in [4.78, 5) is 16.1. The molecule has 2 aromatic heterocycles. The van der Waals surface area contributed by atoms with Gasteiger partial charge in [-0.15, -0.1) is 0 Å². The van der Waals surface area contributed by atoms with Crippen LogP contribution in [0.25, 0.3) is 11.0 Å². The molecule has 1 aliphatic heterocycles. The minimum absolute atomic E-state index is 0.0177. The number of aromatic nitrogens is 3. The Hall–Kier alpha value is -2.15. The quantitative estimate of drug-likeness (QED) is 0.717. The van der Waals surface area contributed by atoms with Gasteiger partial charge in [0.25, 0.3) is 0 Å². The van der Waals surface area contributed by atoms with Gasteiger partial charge in [0.05, 0.1) is 18.0 Å². The number of aryl methyl sites for hydroxylation is 2. The molecule has 2 aromatic rings. The van der Waals surface area contributed by atoms with Gasteiger partial charge in [-0.3, -0.25) is 4.79 Å². The molecule has 0 saturated carbocycles. The van der Waals surface area contributed by atoms with Crippen molar-refractivity contribution in [2.24, 2.45) is 7.05 Å². The maximum absolute atomic E-state index is 11.8. The highest BCUT2D eigenvalue weighted by Gasteiger charge is 2.19. The predicted molar refractivity (Wildman–Crippen MR) is 76.5 cm³/mol. The maximum Gasteiger partial charge on any atom is 0.239 e. The van der Waals surface area contributed by atoms with Crippen LogP contribution in [0.4, 0.5) is 5.82 Å². The highest BCUT2D eigenvalue weighted by atomic mass is 16.2. The Kier molecular flexibility index (Phi) is 3.27. The van der Waals surface area contributed by atoms with Crippen molar-refractivity contribution in [1.82, 2.24) is 25.4 Å². The molecule has 0 aromatic carbocycles. The Morgan fingerprint density at radius 3 is 3.05 bits per heavy atom. The number of anilines is 1. The number of carbonyl (C=O) groups excluding carboxylic acids is 1. The van der Waals surface area contributed by atoms with Crippen LogP contribution in [-0.4, -0.2) is 46.3 Å². The lowest BCUT2D eigenvalue weighted by Gasteiger charge is -2.27. The minimum Gasteiger partial charge on any atom is -0.359 e. The van der Waals surface area contributed by atoms with Crippen molar-refractivity contribution in [1.29, 1.82) is 0 Å². The van der Waals surface area contributed by atoms with Crippen molar-refractivity contribution in [2.75, 3.05) is 25.0 Å². The highest BCUT2D eigenvalue weighted by Crippen LogP contribution is 2.21. The summed E-state index contributed by atoms with van der Waals surface area (Å²) in [7, 11) is 1.84. The molecule has 0 atom stereocenters. The first-order valence-corrected chi connectivity index (χ1v) is 6.67. The normalized spacial score (nSPS) is 15.1. The van der Waals surface area contributed by atoms with Gasteiger partial charge in [-0.2, -0.15) is 5.10 Å². The predicted octanol–water partition coefficient (Wildman–Crippen LogP) is -0.223. The van der Waals surface area contributed by atoms with Gasteiger partial charge in [0.1, 0.15) is 0 Å². The first-order valence-electron chi connectivity index (χ1n) is 6.67.